The molecule has 0 radical (unpaired) electrons. The van der Waals surface area contributed by atoms with Gasteiger partial charge in [-0.3, -0.25) is 0 Å². The van der Waals surface area contributed by atoms with E-state index in [1.165, 1.54) is 0 Å². The van der Waals surface area contributed by atoms with Crippen LogP contribution in [0.2, 0.25) is 0 Å². The van der Waals surface area contributed by atoms with Gasteiger partial charge in [0.1, 0.15) is 0 Å². The van der Waals surface area contributed by atoms with E-state index in [4.69, 9.17) is 0 Å². The molecule has 0 spiro atoms. The zero-order chi connectivity index (χ0) is 9.42. The second kappa shape index (κ2) is 2.88. The van der Waals surface area contributed by atoms with E-state index in [9.17, 15) is 5.21 Å². The SMILES string of the molecule is Cc1nc(-c2cccs2)n(O)c1C. The van der Waals surface area contributed by atoms with E-state index >= 15 is 0 Å². The van der Waals surface area contributed by atoms with Crippen molar-refractivity contribution in [3.63, 3.8) is 0 Å². The highest BCUT2D eigenvalue weighted by molar-refractivity contribution is 7.13. The minimum absolute atomic E-state index is 0.630. The summed E-state index contributed by atoms with van der Waals surface area (Å²) in [5.41, 5.74) is 1.66. The Balaban J connectivity index is 2.59. The summed E-state index contributed by atoms with van der Waals surface area (Å²) in [6, 6.07) is 3.89. The third-order valence-electron chi connectivity index (χ3n) is 2.06. The van der Waals surface area contributed by atoms with E-state index in [0.29, 0.717) is 5.82 Å². The molecule has 1 N–H and O–H groups in total. The summed E-state index contributed by atoms with van der Waals surface area (Å²) in [6.07, 6.45) is 0. The summed E-state index contributed by atoms with van der Waals surface area (Å²) in [4.78, 5) is 5.26. The van der Waals surface area contributed by atoms with Gasteiger partial charge in [0.25, 0.3) is 0 Å². The molecule has 0 aliphatic carbocycles. The molecule has 3 nitrogen and oxygen atoms in total. The topological polar surface area (TPSA) is 38.0 Å². The first-order chi connectivity index (χ1) is 6.20. The van der Waals surface area contributed by atoms with Crippen LogP contribution in [0.25, 0.3) is 10.7 Å². The first-order valence-corrected chi connectivity index (χ1v) is 4.87. The lowest BCUT2D eigenvalue weighted by molar-refractivity contribution is 0.184. The lowest BCUT2D eigenvalue weighted by atomic mass is 10.4. The molecule has 0 amide bonds. The lowest BCUT2D eigenvalue weighted by Crippen LogP contribution is -1.94. The molecule has 2 rings (SSSR count). The molecule has 2 heterocycles. The van der Waals surface area contributed by atoms with Gasteiger partial charge in [-0.25, -0.2) is 4.98 Å². The summed E-state index contributed by atoms with van der Waals surface area (Å²) in [5, 5.41) is 11.6. The molecule has 0 aliphatic rings. The zero-order valence-electron chi connectivity index (χ0n) is 7.48. The Kier molecular flexibility index (Phi) is 1.84. The molecule has 2 aromatic heterocycles. The first-order valence-electron chi connectivity index (χ1n) is 3.99. The smallest absolute Gasteiger partial charge is 0.185 e. The van der Waals surface area contributed by atoms with E-state index in [-0.39, 0.29) is 0 Å². The molecular formula is C9H10N2OS. The lowest BCUT2D eigenvalue weighted by Gasteiger charge is -1.97. The third-order valence-corrected chi connectivity index (χ3v) is 2.92. The molecule has 0 aliphatic heterocycles. The molecule has 2 aromatic rings. The average Bonchev–Trinajstić information content (AvgIpc) is 2.70. The highest BCUT2D eigenvalue weighted by Gasteiger charge is 2.11. The highest BCUT2D eigenvalue weighted by Crippen LogP contribution is 2.24. The molecule has 0 saturated carbocycles. The van der Waals surface area contributed by atoms with Crippen LogP contribution < -0.4 is 0 Å². The molecule has 0 atom stereocenters. The minimum atomic E-state index is 0.630. The Morgan fingerprint density at radius 3 is 2.69 bits per heavy atom. The van der Waals surface area contributed by atoms with Crippen LogP contribution in [-0.2, 0) is 0 Å². The number of aryl methyl sites for hydroxylation is 1. The number of hydrogen-bond acceptors (Lipinski definition) is 3. The number of hydrogen-bond donors (Lipinski definition) is 1. The summed E-state index contributed by atoms with van der Waals surface area (Å²) < 4.78 is 1.14. The molecule has 0 fully saturated rings. The van der Waals surface area contributed by atoms with Crippen molar-refractivity contribution in [1.29, 1.82) is 0 Å². The predicted molar refractivity (Wildman–Crippen MR) is 52.2 cm³/mol. The Hall–Kier alpha value is -1.29. The van der Waals surface area contributed by atoms with Gasteiger partial charge in [0.2, 0.25) is 0 Å². The van der Waals surface area contributed by atoms with E-state index in [0.717, 1.165) is 21.0 Å². The fourth-order valence-corrected chi connectivity index (χ4v) is 1.86. The highest BCUT2D eigenvalue weighted by atomic mass is 32.1. The van der Waals surface area contributed by atoms with Crippen LogP contribution in [0.5, 0.6) is 0 Å². The summed E-state index contributed by atoms with van der Waals surface area (Å²) >= 11 is 1.57. The number of aromatic nitrogens is 2. The second-order valence-corrected chi connectivity index (χ2v) is 3.84. The van der Waals surface area contributed by atoms with Gasteiger partial charge >= 0.3 is 0 Å². The summed E-state index contributed by atoms with van der Waals surface area (Å²) in [6.45, 7) is 3.73. The normalized spacial score (nSPS) is 10.6. The van der Waals surface area contributed by atoms with E-state index in [1.807, 2.05) is 31.4 Å². The molecule has 0 unspecified atom stereocenters. The molecule has 0 aromatic carbocycles. The quantitative estimate of drug-likeness (QED) is 0.708. The van der Waals surface area contributed by atoms with Crippen molar-refractivity contribution >= 4 is 11.3 Å². The maximum atomic E-state index is 9.65. The number of thiophene rings is 1. The summed E-state index contributed by atoms with van der Waals surface area (Å²) in [7, 11) is 0. The number of rotatable bonds is 1. The fraction of sp³-hybridized carbons (Fsp3) is 0.222. The van der Waals surface area contributed by atoms with Crippen molar-refractivity contribution < 1.29 is 5.21 Å². The molecule has 68 valence electrons. The van der Waals surface area contributed by atoms with Gasteiger partial charge in [0.15, 0.2) is 5.82 Å². The van der Waals surface area contributed by atoms with E-state index in [1.54, 1.807) is 11.3 Å². The minimum Gasteiger partial charge on any atom is -0.427 e. The maximum absolute atomic E-state index is 9.65. The van der Waals surface area contributed by atoms with Crippen LogP contribution in [0.1, 0.15) is 11.4 Å². The average molecular weight is 194 g/mol. The van der Waals surface area contributed by atoms with Crippen LogP contribution in [0.3, 0.4) is 0 Å². The largest absolute Gasteiger partial charge is 0.427 e. The van der Waals surface area contributed by atoms with Crippen molar-refractivity contribution in [2.45, 2.75) is 13.8 Å². The van der Waals surface area contributed by atoms with Gasteiger partial charge in [-0.2, -0.15) is 4.73 Å². The summed E-state index contributed by atoms with van der Waals surface area (Å²) in [5.74, 6) is 0.630. The van der Waals surface area contributed by atoms with Crippen molar-refractivity contribution in [2.24, 2.45) is 0 Å². The number of imidazole rings is 1. The molecule has 0 saturated heterocycles. The van der Waals surface area contributed by atoms with Gasteiger partial charge in [-0.15, -0.1) is 11.3 Å². The second-order valence-electron chi connectivity index (χ2n) is 2.90. The van der Waals surface area contributed by atoms with Crippen LogP contribution in [0.15, 0.2) is 17.5 Å². The van der Waals surface area contributed by atoms with Crippen molar-refractivity contribution in [3.05, 3.63) is 28.9 Å². The van der Waals surface area contributed by atoms with Crippen LogP contribution >= 0.6 is 11.3 Å². The van der Waals surface area contributed by atoms with Crippen molar-refractivity contribution in [1.82, 2.24) is 9.71 Å². The van der Waals surface area contributed by atoms with E-state index < -0.39 is 0 Å². The van der Waals surface area contributed by atoms with E-state index in [2.05, 4.69) is 4.98 Å². The molecule has 13 heavy (non-hydrogen) atoms. The van der Waals surface area contributed by atoms with Crippen LogP contribution in [-0.4, -0.2) is 14.9 Å². The predicted octanol–water partition coefficient (Wildman–Crippen LogP) is 2.47. The Bertz CT molecular complexity index is 417. The number of nitrogens with zero attached hydrogens (tertiary/aromatic N) is 2. The molecular weight excluding hydrogens is 184 g/mol. The Labute approximate surface area is 80.2 Å². The fourth-order valence-electron chi connectivity index (χ4n) is 1.16. The van der Waals surface area contributed by atoms with Gasteiger partial charge in [0, 0.05) is 0 Å². The van der Waals surface area contributed by atoms with Gasteiger partial charge < -0.3 is 5.21 Å². The zero-order valence-corrected chi connectivity index (χ0v) is 8.30. The van der Waals surface area contributed by atoms with Gasteiger partial charge in [-0.05, 0) is 25.3 Å². The monoisotopic (exact) mass is 194 g/mol. The Morgan fingerprint density at radius 1 is 1.46 bits per heavy atom. The van der Waals surface area contributed by atoms with Gasteiger partial charge in [-0.1, -0.05) is 6.07 Å². The van der Waals surface area contributed by atoms with Crippen LogP contribution in [0.4, 0.5) is 0 Å². The van der Waals surface area contributed by atoms with Crippen molar-refractivity contribution in [3.8, 4) is 10.7 Å². The van der Waals surface area contributed by atoms with Gasteiger partial charge in [0.05, 0.1) is 16.3 Å². The van der Waals surface area contributed by atoms with Crippen molar-refractivity contribution in [2.75, 3.05) is 0 Å². The Morgan fingerprint density at radius 2 is 2.23 bits per heavy atom. The van der Waals surface area contributed by atoms with Crippen LogP contribution in [0, 0.1) is 13.8 Å². The first kappa shape index (κ1) is 8.31. The molecule has 0 bridgehead atoms. The molecule has 4 heteroatoms. The third kappa shape index (κ3) is 1.23. The maximum Gasteiger partial charge on any atom is 0.185 e. The standard InChI is InChI=1S/C9H10N2OS/c1-6-7(2)11(12)9(10-6)8-4-3-5-13-8/h3-5,12H,1-2H3.